The Hall–Kier alpha value is -2.20. The van der Waals surface area contributed by atoms with Crippen molar-refractivity contribution in [3.05, 3.63) is 66.0 Å². The van der Waals surface area contributed by atoms with Crippen LogP contribution in [0.5, 0.6) is 0 Å². The fourth-order valence-electron chi connectivity index (χ4n) is 1.87. The van der Waals surface area contributed by atoms with Gasteiger partial charge in [0.25, 0.3) is 0 Å². The van der Waals surface area contributed by atoms with Gasteiger partial charge in [0, 0.05) is 24.9 Å². The summed E-state index contributed by atoms with van der Waals surface area (Å²) in [5.41, 5.74) is 2.03. The summed E-state index contributed by atoms with van der Waals surface area (Å²) in [4.78, 5) is 16.1. The zero-order valence-corrected chi connectivity index (χ0v) is 12.2. The van der Waals surface area contributed by atoms with Gasteiger partial charge in [0.2, 0.25) is 5.91 Å². The summed E-state index contributed by atoms with van der Waals surface area (Å²) in [6.07, 6.45) is 2.01. The maximum atomic E-state index is 11.9. The first-order valence-corrected chi connectivity index (χ1v) is 7.09. The van der Waals surface area contributed by atoms with Crippen LogP contribution in [0.15, 0.2) is 54.7 Å². The number of benzene rings is 1. The summed E-state index contributed by atoms with van der Waals surface area (Å²) >= 11 is 0. The molecule has 2 aromatic rings. The molecule has 1 aromatic heterocycles. The van der Waals surface area contributed by atoms with Gasteiger partial charge in [-0.25, -0.2) is 0 Å². The smallest absolute Gasteiger partial charge is 0.248 e. The summed E-state index contributed by atoms with van der Waals surface area (Å²) < 4.78 is 5.56. The SMILES string of the molecule is CC(OCc1ccccc1)C(=O)NCCc1ccccn1. The highest BCUT2D eigenvalue weighted by Crippen LogP contribution is 2.03. The normalized spacial score (nSPS) is 11.9. The van der Waals surface area contributed by atoms with E-state index in [4.69, 9.17) is 4.74 Å². The molecule has 110 valence electrons. The second-order valence-electron chi connectivity index (χ2n) is 4.80. The Morgan fingerprint density at radius 1 is 1.19 bits per heavy atom. The Kier molecular flexibility index (Phi) is 5.91. The number of carbonyl (C=O) groups excluding carboxylic acids is 1. The van der Waals surface area contributed by atoms with Gasteiger partial charge < -0.3 is 10.1 Å². The third-order valence-electron chi connectivity index (χ3n) is 3.12. The van der Waals surface area contributed by atoms with Crippen LogP contribution in [-0.4, -0.2) is 23.5 Å². The van der Waals surface area contributed by atoms with Crippen LogP contribution in [0.4, 0.5) is 0 Å². The number of ether oxygens (including phenoxy) is 1. The average molecular weight is 284 g/mol. The lowest BCUT2D eigenvalue weighted by molar-refractivity contribution is -0.132. The van der Waals surface area contributed by atoms with Gasteiger partial charge in [0.1, 0.15) is 6.10 Å². The maximum Gasteiger partial charge on any atom is 0.248 e. The Bertz CT molecular complexity index is 543. The summed E-state index contributed by atoms with van der Waals surface area (Å²) in [6, 6.07) is 15.6. The van der Waals surface area contributed by atoms with E-state index in [-0.39, 0.29) is 5.91 Å². The maximum absolute atomic E-state index is 11.9. The highest BCUT2D eigenvalue weighted by atomic mass is 16.5. The first-order valence-electron chi connectivity index (χ1n) is 7.09. The number of amides is 1. The minimum Gasteiger partial charge on any atom is -0.364 e. The molecule has 4 heteroatoms. The Morgan fingerprint density at radius 3 is 2.67 bits per heavy atom. The van der Waals surface area contributed by atoms with E-state index in [2.05, 4.69) is 10.3 Å². The van der Waals surface area contributed by atoms with Crippen molar-refractivity contribution in [2.24, 2.45) is 0 Å². The van der Waals surface area contributed by atoms with Crippen LogP contribution in [0.25, 0.3) is 0 Å². The van der Waals surface area contributed by atoms with E-state index >= 15 is 0 Å². The highest BCUT2D eigenvalue weighted by Gasteiger charge is 2.12. The molecule has 1 N–H and O–H groups in total. The van der Waals surface area contributed by atoms with Crippen LogP contribution in [-0.2, 0) is 22.6 Å². The van der Waals surface area contributed by atoms with Crippen LogP contribution < -0.4 is 5.32 Å². The van der Waals surface area contributed by atoms with Gasteiger partial charge in [-0.3, -0.25) is 9.78 Å². The van der Waals surface area contributed by atoms with Crippen molar-refractivity contribution in [2.45, 2.75) is 26.1 Å². The quantitative estimate of drug-likeness (QED) is 0.849. The molecular weight excluding hydrogens is 264 g/mol. The van der Waals surface area contributed by atoms with E-state index < -0.39 is 6.10 Å². The number of nitrogens with one attached hydrogen (secondary N) is 1. The molecule has 1 atom stereocenters. The molecule has 0 bridgehead atoms. The number of carbonyl (C=O) groups is 1. The van der Waals surface area contributed by atoms with E-state index in [0.717, 1.165) is 17.7 Å². The van der Waals surface area contributed by atoms with Crippen molar-refractivity contribution in [3.63, 3.8) is 0 Å². The fourth-order valence-corrected chi connectivity index (χ4v) is 1.87. The van der Waals surface area contributed by atoms with Crippen molar-refractivity contribution in [2.75, 3.05) is 6.54 Å². The predicted molar refractivity (Wildman–Crippen MR) is 81.6 cm³/mol. The second-order valence-corrected chi connectivity index (χ2v) is 4.80. The van der Waals surface area contributed by atoms with Gasteiger partial charge in [-0.15, -0.1) is 0 Å². The molecule has 2 rings (SSSR count). The monoisotopic (exact) mass is 284 g/mol. The predicted octanol–water partition coefficient (Wildman–Crippen LogP) is 2.35. The number of pyridine rings is 1. The lowest BCUT2D eigenvalue weighted by atomic mass is 10.2. The standard InChI is InChI=1S/C17H20N2O2/c1-14(21-13-15-7-3-2-4-8-15)17(20)19-12-10-16-9-5-6-11-18-16/h2-9,11,14H,10,12-13H2,1H3,(H,19,20). The molecule has 0 aliphatic rings. The van der Waals surface area contributed by atoms with Gasteiger partial charge in [-0.2, -0.15) is 0 Å². The minimum atomic E-state index is -0.464. The van der Waals surface area contributed by atoms with Gasteiger partial charge >= 0.3 is 0 Å². The van der Waals surface area contributed by atoms with Crippen LogP contribution in [0.3, 0.4) is 0 Å². The first-order chi connectivity index (χ1) is 10.3. The molecule has 0 saturated heterocycles. The number of rotatable bonds is 7. The third kappa shape index (κ3) is 5.36. The molecule has 0 saturated carbocycles. The lowest BCUT2D eigenvalue weighted by Crippen LogP contribution is -2.35. The molecule has 1 amide bonds. The van der Waals surface area contributed by atoms with Crippen LogP contribution in [0.2, 0.25) is 0 Å². The second kappa shape index (κ2) is 8.17. The number of hydrogen-bond acceptors (Lipinski definition) is 3. The van der Waals surface area contributed by atoms with Gasteiger partial charge in [-0.1, -0.05) is 36.4 Å². The van der Waals surface area contributed by atoms with E-state index in [1.165, 1.54) is 0 Å². The minimum absolute atomic E-state index is 0.0955. The Balaban J connectivity index is 1.68. The molecule has 21 heavy (non-hydrogen) atoms. The molecule has 0 radical (unpaired) electrons. The van der Waals surface area contributed by atoms with Crippen molar-refractivity contribution in [1.82, 2.24) is 10.3 Å². The molecule has 0 aliphatic carbocycles. The van der Waals surface area contributed by atoms with Gasteiger partial charge in [0.15, 0.2) is 0 Å². The molecule has 0 fully saturated rings. The highest BCUT2D eigenvalue weighted by molar-refractivity contribution is 5.80. The summed E-state index contributed by atoms with van der Waals surface area (Å²) in [6.45, 7) is 2.77. The molecule has 1 aromatic carbocycles. The molecular formula is C17H20N2O2. The summed E-state index contributed by atoms with van der Waals surface area (Å²) in [5, 5.41) is 2.86. The number of hydrogen-bond donors (Lipinski definition) is 1. The molecule has 1 heterocycles. The number of aromatic nitrogens is 1. The van der Waals surface area contributed by atoms with E-state index in [1.54, 1.807) is 13.1 Å². The van der Waals surface area contributed by atoms with E-state index in [1.807, 2.05) is 48.5 Å². The topological polar surface area (TPSA) is 51.2 Å². The fraction of sp³-hybridized carbons (Fsp3) is 0.294. The molecule has 4 nitrogen and oxygen atoms in total. The zero-order valence-electron chi connectivity index (χ0n) is 12.2. The van der Waals surface area contributed by atoms with Crippen LogP contribution in [0.1, 0.15) is 18.2 Å². The van der Waals surface area contributed by atoms with E-state index in [9.17, 15) is 4.79 Å². The van der Waals surface area contributed by atoms with Crippen molar-refractivity contribution in [3.8, 4) is 0 Å². The summed E-state index contributed by atoms with van der Waals surface area (Å²) in [5.74, 6) is -0.0955. The number of nitrogens with zero attached hydrogens (tertiary/aromatic N) is 1. The van der Waals surface area contributed by atoms with E-state index in [0.29, 0.717) is 13.2 Å². The summed E-state index contributed by atoms with van der Waals surface area (Å²) in [7, 11) is 0. The third-order valence-corrected chi connectivity index (χ3v) is 3.12. The Morgan fingerprint density at radius 2 is 1.95 bits per heavy atom. The van der Waals surface area contributed by atoms with Gasteiger partial charge in [0.05, 0.1) is 6.61 Å². The first kappa shape index (κ1) is 15.2. The van der Waals surface area contributed by atoms with Crippen LogP contribution >= 0.6 is 0 Å². The zero-order chi connectivity index (χ0) is 14.9. The van der Waals surface area contributed by atoms with Gasteiger partial charge in [-0.05, 0) is 24.6 Å². The van der Waals surface area contributed by atoms with Crippen molar-refractivity contribution < 1.29 is 9.53 Å². The Labute approximate surface area is 125 Å². The molecule has 0 aliphatic heterocycles. The van der Waals surface area contributed by atoms with Crippen molar-refractivity contribution >= 4 is 5.91 Å². The lowest BCUT2D eigenvalue weighted by Gasteiger charge is -2.13. The van der Waals surface area contributed by atoms with Crippen LogP contribution in [0, 0.1) is 0 Å². The molecule has 0 spiro atoms. The largest absolute Gasteiger partial charge is 0.364 e. The molecule has 1 unspecified atom stereocenters. The average Bonchev–Trinajstić information content (AvgIpc) is 2.54. The van der Waals surface area contributed by atoms with Crippen molar-refractivity contribution in [1.29, 1.82) is 0 Å².